The Kier molecular flexibility index (Phi) is 3.47. The molecule has 3 nitrogen and oxygen atoms in total. The molecule has 0 spiro atoms. The van der Waals surface area contributed by atoms with E-state index in [2.05, 4.69) is 10.2 Å². The van der Waals surface area contributed by atoms with Gasteiger partial charge in [-0.3, -0.25) is 4.90 Å². The number of nitrogens with zero attached hydrogens (tertiary/aromatic N) is 1. The standard InChI is InChI=1S/C13H20N2OS/c16-13(10-4-7-17-9-10)8-14-11-3-6-15-5-1-2-12(11)15/h4,7,9,11-14,16H,1-3,5-6,8H2. The molecule has 0 aromatic carbocycles. The van der Waals surface area contributed by atoms with E-state index >= 15 is 0 Å². The van der Waals surface area contributed by atoms with Crippen LogP contribution in [-0.4, -0.2) is 41.7 Å². The van der Waals surface area contributed by atoms with E-state index < -0.39 is 0 Å². The fraction of sp³-hybridized carbons (Fsp3) is 0.692. The van der Waals surface area contributed by atoms with E-state index in [4.69, 9.17) is 0 Å². The first-order chi connectivity index (χ1) is 8.34. The summed E-state index contributed by atoms with van der Waals surface area (Å²) in [4.78, 5) is 2.59. The number of nitrogens with one attached hydrogen (secondary N) is 1. The molecule has 3 unspecified atom stereocenters. The molecule has 0 bridgehead atoms. The molecular weight excluding hydrogens is 232 g/mol. The van der Waals surface area contributed by atoms with Gasteiger partial charge in [0.05, 0.1) is 6.10 Å². The summed E-state index contributed by atoms with van der Waals surface area (Å²) in [6.07, 6.45) is 3.56. The fourth-order valence-corrected chi connectivity index (χ4v) is 3.87. The predicted molar refractivity (Wildman–Crippen MR) is 70.3 cm³/mol. The minimum Gasteiger partial charge on any atom is -0.387 e. The topological polar surface area (TPSA) is 35.5 Å². The Morgan fingerprint density at radius 1 is 1.47 bits per heavy atom. The zero-order valence-electron chi connectivity index (χ0n) is 10.0. The predicted octanol–water partition coefficient (Wildman–Crippen LogP) is 1.61. The molecular formula is C13H20N2OS. The summed E-state index contributed by atoms with van der Waals surface area (Å²) in [6.45, 7) is 3.19. The second-order valence-corrected chi connectivity index (χ2v) is 5.90. The van der Waals surface area contributed by atoms with Crippen LogP contribution in [-0.2, 0) is 0 Å². The van der Waals surface area contributed by atoms with Crippen molar-refractivity contribution < 1.29 is 5.11 Å². The molecule has 0 aliphatic carbocycles. The van der Waals surface area contributed by atoms with Crippen molar-refractivity contribution in [2.24, 2.45) is 0 Å². The van der Waals surface area contributed by atoms with E-state index in [1.165, 1.54) is 32.4 Å². The summed E-state index contributed by atoms with van der Waals surface area (Å²) < 4.78 is 0. The van der Waals surface area contributed by atoms with E-state index in [1.54, 1.807) is 11.3 Å². The first kappa shape index (κ1) is 11.7. The summed E-state index contributed by atoms with van der Waals surface area (Å²) in [7, 11) is 0. The summed E-state index contributed by atoms with van der Waals surface area (Å²) >= 11 is 1.65. The minimum absolute atomic E-state index is 0.350. The van der Waals surface area contributed by atoms with Crippen LogP contribution in [0.2, 0.25) is 0 Å². The summed E-state index contributed by atoms with van der Waals surface area (Å²) in [5.74, 6) is 0. The lowest BCUT2D eigenvalue weighted by molar-refractivity contribution is 0.166. The Morgan fingerprint density at radius 2 is 2.41 bits per heavy atom. The van der Waals surface area contributed by atoms with Crippen LogP contribution in [0.1, 0.15) is 30.9 Å². The van der Waals surface area contributed by atoms with Crippen LogP contribution in [0.15, 0.2) is 16.8 Å². The van der Waals surface area contributed by atoms with Crippen molar-refractivity contribution in [3.63, 3.8) is 0 Å². The Balaban J connectivity index is 1.51. The summed E-state index contributed by atoms with van der Waals surface area (Å²) in [6, 6.07) is 3.32. The molecule has 17 heavy (non-hydrogen) atoms. The van der Waals surface area contributed by atoms with Gasteiger partial charge in [-0.1, -0.05) is 0 Å². The normalized spacial score (nSPS) is 30.6. The van der Waals surface area contributed by atoms with Gasteiger partial charge in [0, 0.05) is 25.2 Å². The second-order valence-electron chi connectivity index (χ2n) is 5.12. The van der Waals surface area contributed by atoms with Crippen molar-refractivity contribution in [3.8, 4) is 0 Å². The number of hydrogen-bond donors (Lipinski definition) is 2. The molecule has 1 aromatic rings. The van der Waals surface area contributed by atoms with Crippen molar-refractivity contribution in [1.82, 2.24) is 10.2 Å². The number of fused-ring (bicyclic) bond motifs is 1. The van der Waals surface area contributed by atoms with Crippen LogP contribution >= 0.6 is 11.3 Å². The van der Waals surface area contributed by atoms with Gasteiger partial charge in [0.25, 0.3) is 0 Å². The van der Waals surface area contributed by atoms with Gasteiger partial charge < -0.3 is 10.4 Å². The lowest BCUT2D eigenvalue weighted by Crippen LogP contribution is -2.40. The van der Waals surface area contributed by atoms with Crippen molar-refractivity contribution in [1.29, 1.82) is 0 Å². The SMILES string of the molecule is OC(CNC1CCN2CCCC12)c1ccsc1. The summed E-state index contributed by atoms with van der Waals surface area (Å²) in [5.41, 5.74) is 1.05. The Bertz CT molecular complexity index is 354. The third-order valence-electron chi connectivity index (χ3n) is 4.11. The van der Waals surface area contributed by atoms with Crippen molar-refractivity contribution in [3.05, 3.63) is 22.4 Å². The highest BCUT2D eigenvalue weighted by molar-refractivity contribution is 7.07. The zero-order valence-corrected chi connectivity index (χ0v) is 10.8. The number of hydrogen-bond acceptors (Lipinski definition) is 4. The Hall–Kier alpha value is -0.420. The molecule has 3 atom stereocenters. The lowest BCUT2D eigenvalue weighted by Gasteiger charge is -2.22. The number of thiophene rings is 1. The molecule has 2 N–H and O–H groups in total. The first-order valence-electron chi connectivity index (χ1n) is 6.52. The average molecular weight is 252 g/mol. The minimum atomic E-state index is -0.350. The third-order valence-corrected chi connectivity index (χ3v) is 4.81. The molecule has 3 heterocycles. The van der Waals surface area contributed by atoms with Crippen molar-refractivity contribution in [2.75, 3.05) is 19.6 Å². The van der Waals surface area contributed by atoms with Gasteiger partial charge in [-0.05, 0) is 48.2 Å². The Morgan fingerprint density at radius 3 is 3.24 bits per heavy atom. The average Bonchev–Trinajstić information content (AvgIpc) is 3.03. The second kappa shape index (κ2) is 5.06. The number of aliphatic hydroxyl groups is 1. The highest BCUT2D eigenvalue weighted by atomic mass is 32.1. The molecule has 2 aliphatic heterocycles. The molecule has 2 fully saturated rings. The van der Waals surface area contributed by atoms with E-state index in [9.17, 15) is 5.11 Å². The van der Waals surface area contributed by atoms with Gasteiger partial charge >= 0.3 is 0 Å². The van der Waals surface area contributed by atoms with Crippen molar-refractivity contribution in [2.45, 2.75) is 37.5 Å². The monoisotopic (exact) mass is 252 g/mol. The maximum Gasteiger partial charge on any atom is 0.0922 e. The lowest BCUT2D eigenvalue weighted by atomic mass is 10.1. The van der Waals surface area contributed by atoms with Crippen LogP contribution in [0.4, 0.5) is 0 Å². The van der Waals surface area contributed by atoms with E-state index in [0.717, 1.165) is 11.6 Å². The van der Waals surface area contributed by atoms with Gasteiger partial charge in [0.1, 0.15) is 0 Å². The van der Waals surface area contributed by atoms with Crippen LogP contribution in [0.3, 0.4) is 0 Å². The van der Waals surface area contributed by atoms with Gasteiger partial charge in [-0.15, -0.1) is 0 Å². The first-order valence-corrected chi connectivity index (χ1v) is 7.46. The van der Waals surface area contributed by atoms with E-state index in [0.29, 0.717) is 12.6 Å². The third kappa shape index (κ3) is 2.40. The van der Waals surface area contributed by atoms with Gasteiger partial charge in [-0.2, -0.15) is 11.3 Å². The summed E-state index contributed by atoms with van der Waals surface area (Å²) in [5, 5.41) is 17.6. The highest BCUT2D eigenvalue weighted by Crippen LogP contribution is 2.28. The molecule has 3 rings (SSSR count). The van der Waals surface area contributed by atoms with Gasteiger partial charge in [0.15, 0.2) is 0 Å². The molecule has 94 valence electrons. The molecule has 0 saturated carbocycles. The molecule has 0 radical (unpaired) electrons. The van der Waals surface area contributed by atoms with Crippen LogP contribution < -0.4 is 5.32 Å². The van der Waals surface area contributed by atoms with Gasteiger partial charge in [0.2, 0.25) is 0 Å². The van der Waals surface area contributed by atoms with Gasteiger partial charge in [-0.25, -0.2) is 0 Å². The zero-order chi connectivity index (χ0) is 11.7. The van der Waals surface area contributed by atoms with Crippen LogP contribution in [0.5, 0.6) is 0 Å². The quantitative estimate of drug-likeness (QED) is 0.854. The van der Waals surface area contributed by atoms with E-state index in [1.807, 2.05) is 16.8 Å². The van der Waals surface area contributed by atoms with Crippen LogP contribution in [0.25, 0.3) is 0 Å². The van der Waals surface area contributed by atoms with Crippen LogP contribution in [0, 0.1) is 0 Å². The number of rotatable bonds is 4. The largest absolute Gasteiger partial charge is 0.387 e. The smallest absolute Gasteiger partial charge is 0.0922 e. The maximum absolute atomic E-state index is 10.0. The van der Waals surface area contributed by atoms with E-state index in [-0.39, 0.29) is 6.10 Å². The molecule has 1 aromatic heterocycles. The number of aliphatic hydroxyl groups excluding tert-OH is 1. The fourth-order valence-electron chi connectivity index (χ4n) is 3.17. The molecule has 4 heteroatoms. The molecule has 0 amide bonds. The molecule has 2 aliphatic rings. The highest BCUT2D eigenvalue weighted by Gasteiger charge is 2.36. The maximum atomic E-state index is 10.0. The van der Waals surface area contributed by atoms with Crippen molar-refractivity contribution >= 4 is 11.3 Å². The molecule has 2 saturated heterocycles. The Labute approximate surface area is 106 Å².